The van der Waals surface area contributed by atoms with E-state index in [0.29, 0.717) is 46.2 Å². The summed E-state index contributed by atoms with van der Waals surface area (Å²) in [6.07, 6.45) is 1.13. The molecule has 0 bridgehead atoms. The maximum atomic E-state index is 9.33. The molecule has 0 saturated heterocycles. The van der Waals surface area contributed by atoms with Crippen molar-refractivity contribution < 1.29 is 5.11 Å². The van der Waals surface area contributed by atoms with Gasteiger partial charge in [0.2, 0.25) is 0 Å². The third-order valence-electron chi connectivity index (χ3n) is 2.93. The van der Waals surface area contributed by atoms with Gasteiger partial charge in [0, 0.05) is 0 Å². The first-order valence-corrected chi connectivity index (χ1v) is 10.5. The first-order chi connectivity index (χ1) is 9.78. The van der Waals surface area contributed by atoms with Gasteiger partial charge in [-0.25, -0.2) is 0 Å². The van der Waals surface area contributed by atoms with Gasteiger partial charge >= 0.3 is 134 Å². The molecule has 0 radical (unpaired) electrons. The first-order valence-electron chi connectivity index (χ1n) is 6.82. The molecule has 0 amide bonds. The molecule has 106 valence electrons. The Balaban J connectivity index is 2.04. The van der Waals surface area contributed by atoms with E-state index in [-0.39, 0.29) is 0 Å². The van der Waals surface area contributed by atoms with E-state index in [1.54, 1.807) is 0 Å². The average Bonchev–Trinajstić information content (AvgIpc) is 2.49. The Bertz CT molecular complexity index is 445. The number of aliphatic hydroxyl groups excluding tert-OH is 1. The van der Waals surface area contributed by atoms with E-state index in [0.717, 1.165) is 6.42 Å². The van der Waals surface area contributed by atoms with Gasteiger partial charge in [-0.2, -0.15) is 0 Å². The zero-order valence-corrected chi connectivity index (χ0v) is 15.0. The molecule has 1 N–H and O–H groups in total. The number of aliphatic hydroxyl groups is 1. The van der Waals surface area contributed by atoms with E-state index in [1.807, 2.05) is 0 Å². The summed E-state index contributed by atoms with van der Waals surface area (Å²) in [5.74, 6) is 0.399. The Kier molecular flexibility index (Phi) is 6.85. The van der Waals surface area contributed by atoms with Crippen LogP contribution in [0.4, 0.5) is 0 Å². The van der Waals surface area contributed by atoms with Gasteiger partial charge in [-0.15, -0.1) is 0 Å². The third-order valence-corrected chi connectivity index (χ3v) is 9.22. The summed E-state index contributed by atoms with van der Waals surface area (Å²) in [7, 11) is 0. The number of rotatable bonds is 7. The van der Waals surface area contributed by atoms with Gasteiger partial charge < -0.3 is 0 Å². The fourth-order valence-corrected chi connectivity index (χ4v) is 9.25. The molecule has 0 aliphatic carbocycles. The van der Waals surface area contributed by atoms with Crippen LogP contribution >= 0.6 is 0 Å². The minimum absolute atomic E-state index is 0.298. The van der Waals surface area contributed by atoms with Crippen molar-refractivity contribution in [3.63, 3.8) is 0 Å². The third kappa shape index (κ3) is 5.44. The van der Waals surface area contributed by atoms with Crippen LogP contribution in [0.25, 0.3) is 0 Å². The van der Waals surface area contributed by atoms with Crippen LogP contribution in [0.1, 0.15) is 13.3 Å². The Morgan fingerprint density at radius 2 is 1.30 bits per heavy atom. The van der Waals surface area contributed by atoms with Crippen molar-refractivity contribution in [2.75, 3.05) is 6.61 Å². The van der Waals surface area contributed by atoms with E-state index in [9.17, 15) is 5.11 Å². The van der Waals surface area contributed by atoms with E-state index < -0.39 is 0 Å². The van der Waals surface area contributed by atoms with Crippen molar-refractivity contribution in [2.45, 2.75) is 17.1 Å². The van der Waals surface area contributed by atoms with Crippen molar-refractivity contribution in [3.05, 3.63) is 60.7 Å². The second-order valence-corrected chi connectivity index (χ2v) is 11.7. The standard InChI is InChI=1S/C17H20OSe2/c1-14(13-18)12-17(19-15-8-4-2-5-9-15)20-16-10-6-3-7-11-16/h2-11,14,17-18H,12-13H2,1H3. The molecule has 1 nitrogen and oxygen atoms in total. The van der Waals surface area contributed by atoms with Crippen molar-refractivity contribution in [1.29, 1.82) is 0 Å². The van der Waals surface area contributed by atoms with Crippen molar-refractivity contribution in [1.82, 2.24) is 0 Å². The van der Waals surface area contributed by atoms with Gasteiger partial charge in [-0.1, -0.05) is 0 Å². The SMILES string of the molecule is CC(CO)CC([Se]c1ccccc1)[Se]c1ccccc1. The maximum absolute atomic E-state index is 9.33. The predicted molar refractivity (Wildman–Crippen MR) is 88.3 cm³/mol. The van der Waals surface area contributed by atoms with Crippen LogP contribution in [0, 0.1) is 5.92 Å². The quantitative estimate of drug-likeness (QED) is 0.706. The van der Waals surface area contributed by atoms with Crippen molar-refractivity contribution >= 4 is 38.8 Å². The Morgan fingerprint density at radius 1 is 0.850 bits per heavy atom. The molecule has 2 aromatic carbocycles. The molecule has 2 rings (SSSR count). The van der Waals surface area contributed by atoms with Gasteiger partial charge in [0.05, 0.1) is 0 Å². The monoisotopic (exact) mass is 400 g/mol. The topological polar surface area (TPSA) is 20.2 Å². The van der Waals surface area contributed by atoms with E-state index in [1.165, 1.54) is 8.92 Å². The van der Waals surface area contributed by atoms with E-state index in [2.05, 4.69) is 67.6 Å². The molecule has 2 aromatic rings. The van der Waals surface area contributed by atoms with Gasteiger partial charge in [0.25, 0.3) is 0 Å². The molecule has 0 spiro atoms. The molecule has 20 heavy (non-hydrogen) atoms. The van der Waals surface area contributed by atoms with Gasteiger partial charge in [0.15, 0.2) is 0 Å². The molecule has 0 aliphatic heterocycles. The first kappa shape index (κ1) is 15.8. The van der Waals surface area contributed by atoms with Crippen LogP contribution in [0.2, 0.25) is 3.71 Å². The van der Waals surface area contributed by atoms with E-state index >= 15 is 0 Å². The van der Waals surface area contributed by atoms with Gasteiger partial charge in [-0.05, 0) is 0 Å². The van der Waals surface area contributed by atoms with Crippen LogP contribution in [0.3, 0.4) is 0 Å². The zero-order chi connectivity index (χ0) is 14.2. The summed E-state index contributed by atoms with van der Waals surface area (Å²) in [6.45, 7) is 2.45. The second kappa shape index (κ2) is 8.67. The summed E-state index contributed by atoms with van der Waals surface area (Å²) in [5.41, 5.74) is 0. The van der Waals surface area contributed by atoms with Crippen LogP contribution in [-0.4, -0.2) is 41.6 Å². The van der Waals surface area contributed by atoms with Crippen molar-refractivity contribution in [3.8, 4) is 0 Å². The predicted octanol–water partition coefficient (Wildman–Crippen LogP) is 1.81. The Labute approximate surface area is 134 Å². The van der Waals surface area contributed by atoms with Gasteiger partial charge in [-0.3, -0.25) is 0 Å². The summed E-state index contributed by atoms with van der Waals surface area (Å²) < 4.78 is 3.64. The molecule has 1 atom stereocenters. The molecule has 3 heteroatoms. The summed E-state index contributed by atoms with van der Waals surface area (Å²) in [6, 6.07) is 21.6. The molecule has 0 aliphatic rings. The summed E-state index contributed by atoms with van der Waals surface area (Å²) in [5, 5.41) is 9.33. The number of hydrogen-bond donors (Lipinski definition) is 1. The summed E-state index contributed by atoms with van der Waals surface area (Å²) >= 11 is 0.973. The molecule has 0 saturated carbocycles. The van der Waals surface area contributed by atoms with E-state index in [4.69, 9.17) is 0 Å². The van der Waals surface area contributed by atoms with Crippen LogP contribution in [-0.2, 0) is 0 Å². The molecular weight excluding hydrogens is 378 g/mol. The fourth-order valence-electron chi connectivity index (χ4n) is 1.83. The van der Waals surface area contributed by atoms with Gasteiger partial charge in [0.1, 0.15) is 0 Å². The molecule has 1 unspecified atom stereocenters. The zero-order valence-electron chi connectivity index (χ0n) is 11.6. The normalized spacial score (nSPS) is 12.6. The van der Waals surface area contributed by atoms with Crippen LogP contribution in [0.5, 0.6) is 0 Å². The summed E-state index contributed by atoms with van der Waals surface area (Å²) in [4.78, 5) is 0. The molecule has 0 heterocycles. The molecule has 0 fully saturated rings. The Morgan fingerprint density at radius 3 is 1.70 bits per heavy atom. The Hall–Kier alpha value is -0.561. The number of benzene rings is 2. The number of hydrogen-bond acceptors (Lipinski definition) is 1. The van der Waals surface area contributed by atoms with Crippen molar-refractivity contribution in [2.24, 2.45) is 5.92 Å². The average molecular weight is 398 g/mol. The fraction of sp³-hybridized carbons (Fsp3) is 0.294. The molecular formula is C17H20OSe2. The van der Waals surface area contributed by atoms with Crippen LogP contribution < -0.4 is 8.92 Å². The minimum atomic E-state index is 0.298. The van der Waals surface area contributed by atoms with Crippen LogP contribution in [0.15, 0.2) is 60.7 Å². The molecule has 0 aromatic heterocycles. The second-order valence-electron chi connectivity index (χ2n) is 4.81.